The monoisotopic (exact) mass is 403 g/mol. The van der Waals surface area contributed by atoms with Crippen LogP contribution < -0.4 is 14.8 Å². The van der Waals surface area contributed by atoms with Crippen molar-refractivity contribution in [3.8, 4) is 11.5 Å². The number of ether oxygens (including phenoxy) is 3. The van der Waals surface area contributed by atoms with Gasteiger partial charge in [-0.25, -0.2) is 4.79 Å². The van der Waals surface area contributed by atoms with Gasteiger partial charge in [0.2, 0.25) is 0 Å². The van der Waals surface area contributed by atoms with Crippen molar-refractivity contribution in [2.75, 3.05) is 20.8 Å². The molecule has 28 heavy (non-hydrogen) atoms. The van der Waals surface area contributed by atoms with Crippen molar-refractivity contribution in [3.63, 3.8) is 0 Å². The summed E-state index contributed by atoms with van der Waals surface area (Å²) in [5, 5.41) is 3.28. The second kappa shape index (κ2) is 10.4. The molecule has 0 aliphatic heterocycles. The summed E-state index contributed by atoms with van der Waals surface area (Å²) >= 11 is 6.01. The van der Waals surface area contributed by atoms with Gasteiger partial charge in [-0.15, -0.1) is 0 Å². The Kier molecular flexibility index (Phi) is 7.89. The van der Waals surface area contributed by atoms with Crippen LogP contribution in [0.3, 0.4) is 0 Å². The molecule has 0 spiro atoms. The molecule has 0 fully saturated rings. The van der Waals surface area contributed by atoms with Gasteiger partial charge in [-0.05, 0) is 42.8 Å². The highest BCUT2D eigenvalue weighted by molar-refractivity contribution is 6.32. The third-order valence-corrected chi connectivity index (χ3v) is 4.27. The molecule has 7 heteroatoms. The number of halogens is 1. The van der Waals surface area contributed by atoms with E-state index in [0.29, 0.717) is 22.1 Å². The summed E-state index contributed by atoms with van der Waals surface area (Å²) in [5.74, 6) is 0.194. The van der Waals surface area contributed by atoms with E-state index in [1.165, 1.54) is 12.2 Å². The minimum Gasteiger partial charge on any atom is -0.497 e. The molecule has 0 saturated heterocycles. The normalized spacial score (nSPS) is 11.7. The SMILES string of the molecule is COc1ccc(OC)c([C@@H](C)NC(=O)COC(=O)/C=C/c2ccccc2Cl)c1. The van der Waals surface area contributed by atoms with Crippen molar-refractivity contribution < 1.29 is 23.8 Å². The lowest BCUT2D eigenvalue weighted by Gasteiger charge is -2.18. The summed E-state index contributed by atoms with van der Waals surface area (Å²) < 4.78 is 15.5. The Bertz CT molecular complexity index is 866. The maximum atomic E-state index is 12.1. The fourth-order valence-electron chi connectivity index (χ4n) is 2.49. The Morgan fingerprint density at radius 2 is 1.89 bits per heavy atom. The molecule has 0 heterocycles. The number of rotatable bonds is 8. The van der Waals surface area contributed by atoms with E-state index < -0.39 is 18.5 Å². The molecular weight excluding hydrogens is 382 g/mol. The number of nitrogens with one attached hydrogen (secondary N) is 1. The Labute approximate surface area is 169 Å². The molecule has 2 aromatic rings. The maximum Gasteiger partial charge on any atom is 0.331 e. The molecule has 2 rings (SSSR count). The van der Waals surface area contributed by atoms with E-state index in [-0.39, 0.29) is 6.04 Å². The molecule has 1 N–H and O–H groups in total. The van der Waals surface area contributed by atoms with E-state index in [9.17, 15) is 9.59 Å². The molecule has 2 aromatic carbocycles. The predicted molar refractivity (Wildman–Crippen MR) is 108 cm³/mol. The first kappa shape index (κ1) is 21.3. The molecule has 6 nitrogen and oxygen atoms in total. The van der Waals surface area contributed by atoms with Crippen LogP contribution >= 0.6 is 11.6 Å². The molecular formula is C21H22ClNO5. The first-order valence-electron chi connectivity index (χ1n) is 8.55. The number of amides is 1. The summed E-state index contributed by atoms with van der Waals surface area (Å²) in [6, 6.07) is 12.0. The standard InChI is InChI=1S/C21H22ClNO5/c1-14(17-12-16(26-2)9-10-19(17)27-3)23-20(24)13-28-21(25)11-8-15-6-4-5-7-18(15)22/h4-12,14H,13H2,1-3H3,(H,23,24)/b11-8+/t14-/m1/s1. The van der Waals surface area contributed by atoms with Gasteiger partial charge >= 0.3 is 5.97 Å². The van der Waals surface area contributed by atoms with Gasteiger partial charge in [-0.2, -0.15) is 0 Å². The zero-order chi connectivity index (χ0) is 20.5. The lowest BCUT2D eigenvalue weighted by Crippen LogP contribution is -2.31. The summed E-state index contributed by atoms with van der Waals surface area (Å²) in [6.45, 7) is 1.40. The van der Waals surface area contributed by atoms with Gasteiger partial charge in [-0.1, -0.05) is 29.8 Å². The molecule has 0 aromatic heterocycles. The number of carbonyl (C=O) groups is 2. The van der Waals surface area contributed by atoms with Crippen molar-refractivity contribution in [1.82, 2.24) is 5.32 Å². The highest BCUT2D eigenvalue weighted by atomic mass is 35.5. The maximum absolute atomic E-state index is 12.1. The highest BCUT2D eigenvalue weighted by Crippen LogP contribution is 2.29. The molecule has 0 aliphatic rings. The molecule has 0 bridgehead atoms. The van der Waals surface area contributed by atoms with E-state index in [1.807, 2.05) is 0 Å². The van der Waals surface area contributed by atoms with Gasteiger partial charge < -0.3 is 19.5 Å². The van der Waals surface area contributed by atoms with Gasteiger partial charge in [0.05, 0.1) is 20.3 Å². The van der Waals surface area contributed by atoms with Gasteiger partial charge in [-0.3, -0.25) is 4.79 Å². The molecule has 1 amide bonds. The van der Waals surface area contributed by atoms with Crippen LogP contribution in [0, 0.1) is 0 Å². The van der Waals surface area contributed by atoms with Gasteiger partial charge in [0.1, 0.15) is 11.5 Å². The summed E-state index contributed by atoms with van der Waals surface area (Å²) in [6.07, 6.45) is 2.76. The fraction of sp³-hybridized carbons (Fsp3) is 0.238. The number of hydrogen-bond acceptors (Lipinski definition) is 5. The second-order valence-electron chi connectivity index (χ2n) is 5.86. The van der Waals surface area contributed by atoms with E-state index >= 15 is 0 Å². The Morgan fingerprint density at radius 3 is 2.57 bits per heavy atom. The molecule has 148 valence electrons. The average Bonchev–Trinajstić information content (AvgIpc) is 2.71. The van der Waals surface area contributed by atoms with Gasteiger partial charge in [0, 0.05) is 16.7 Å². The number of benzene rings is 2. The zero-order valence-electron chi connectivity index (χ0n) is 15.9. The lowest BCUT2D eigenvalue weighted by molar-refractivity contribution is -0.144. The van der Waals surface area contributed by atoms with Crippen LogP contribution in [0.25, 0.3) is 6.08 Å². The van der Waals surface area contributed by atoms with Crippen LogP contribution in [-0.4, -0.2) is 32.7 Å². The van der Waals surface area contributed by atoms with E-state index in [1.54, 1.807) is 63.6 Å². The third kappa shape index (κ3) is 6.03. The molecule has 0 unspecified atom stereocenters. The lowest BCUT2D eigenvalue weighted by atomic mass is 10.1. The first-order chi connectivity index (χ1) is 13.4. The summed E-state index contributed by atoms with van der Waals surface area (Å²) in [5.41, 5.74) is 1.43. The van der Waals surface area contributed by atoms with E-state index in [4.69, 9.17) is 25.8 Å². The topological polar surface area (TPSA) is 73.9 Å². The number of methoxy groups -OCH3 is 2. The number of hydrogen-bond donors (Lipinski definition) is 1. The average molecular weight is 404 g/mol. The third-order valence-electron chi connectivity index (χ3n) is 3.93. The largest absolute Gasteiger partial charge is 0.497 e. The van der Waals surface area contributed by atoms with Crippen LogP contribution in [0.5, 0.6) is 11.5 Å². The molecule has 0 radical (unpaired) electrons. The van der Waals surface area contributed by atoms with E-state index in [2.05, 4.69) is 5.32 Å². The van der Waals surface area contributed by atoms with Crippen molar-refractivity contribution in [2.24, 2.45) is 0 Å². The van der Waals surface area contributed by atoms with Crippen molar-refractivity contribution in [3.05, 3.63) is 64.7 Å². The molecule has 0 saturated carbocycles. The smallest absolute Gasteiger partial charge is 0.331 e. The Hall–Kier alpha value is -2.99. The van der Waals surface area contributed by atoms with Gasteiger partial charge in [0.25, 0.3) is 5.91 Å². The summed E-state index contributed by atoms with van der Waals surface area (Å²) in [4.78, 5) is 23.9. The molecule has 1 atom stereocenters. The fourth-order valence-corrected chi connectivity index (χ4v) is 2.69. The number of esters is 1. The van der Waals surface area contributed by atoms with E-state index in [0.717, 1.165) is 5.56 Å². The highest BCUT2D eigenvalue weighted by Gasteiger charge is 2.16. The quantitative estimate of drug-likeness (QED) is 0.536. The Balaban J connectivity index is 1.90. The number of carbonyl (C=O) groups excluding carboxylic acids is 2. The molecule has 0 aliphatic carbocycles. The summed E-state index contributed by atoms with van der Waals surface area (Å²) in [7, 11) is 3.11. The van der Waals surface area contributed by atoms with Crippen molar-refractivity contribution in [1.29, 1.82) is 0 Å². The van der Waals surface area contributed by atoms with Crippen LogP contribution in [0.15, 0.2) is 48.5 Å². The van der Waals surface area contributed by atoms with Crippen LogP contribution in [0.1, 0.15) is 24.1 Å². The minimum atomic E-state index is -0.637. The second-order valence-corrected chi connectivity index (χ2v) is 6.27. The first-order valence-corrected chi connectivity index (χ1v) is 8.93. The van der Waals surface area contributed by atoms with Gasteiger partial charge in [0.15, 0.2) is 6.61 Å². The van der Waals surface area contributed by atoms with Crippen LogP contribution in [0.4, 0.5) is 0 Å². The van der Waals surface area contributed by atoms with Crippen molar-refractivity contribution in [2.45, 2.75) is 13.0 Å². The van der Waals surface area contributed by atoms with Crippen LogP contribution in [0.2, 0.25) is 5.02 Å². The minimum absolute atomic E-state index is 0.366. The van der Waals surface area contributed by atoms with Crippen molar-refractivity contribution >= 4 is 29.6 Å². The van der Waals surface area contributed by atoms with Crippen LogP contribution in [-0.2, 0) is 14.3 Å². The predicted octanol–water partition coefficient (Wildman–Crippen LogP) is 3.79. The Morgan fingerprint density at radius 1 is 1.14 bits per heavy atom. The zero-order valence-corrected chi connectivity index (χ0v) is 16.7.